The predicted molar refractivity (Wildman–Crippen MR) is 80.4 cm³/mol. The van der Waals surface area contributed by atoms with Crippen LogP contribution >= 0.6 is 0 Å². The normalized spacial score (nSPS) is 33.0. The molecule has 4 atom stereocenters. The summed E-state index contributed by atoms with van der Waals surface area (Å²) in [6.07, 6.45) is 1.48. The van der Waals surface area contributed by atoms with Crippen molar-refractivity contribution in [1.82, 2.24) is 4.90 Å². The van der Waals surface area contributed by atoms with Crippen LogP contribution in [0.4, 0.5) is 0 Å². The van der Waals surface area contributed by atoms with Gasteiger partial charge < -0.3 is 9.84 Å². The molecule has 4 unspecified atom stereocenters. The maximum absolute atomic E-state index is 11.2. The average molecular weight is 289 g/mol. The van der Waals surface area contributed by atoms with Gasteiger partial charge in [-0.2, -0.15) is 0 Å². The minimum atomic E-state index is -0.651. The Labute approximate surface area is 125 Å². The van der Waals surface area contributed by atoms with Gasteiger partial charge in [-0.15, -0.1) is 0 Å². The van der Waals surface area contributed by atoms with E-state index in [9.17, 15) is 9.90 Å². The average Bonchev–Trinajstić information content (AvgIpc) is 2.48. The number of carbonyl (C=O) groups is 1. The molecule has 0 aromatic heterocycles. The number of para-hydroxylation sites is 1. The Morgan fingerprint density at radius 3 is 2.81 bits per heavy atom. The number of hydrogen-bond acceptors (Lipinski definition) is 3. The Morgan fingerprint density at radius 2 is 2.10 bits per heavy atom. The highest BCUT2D eigenvalue weighted by molar-refractivity contribution is 5.70. The number of rotatable bonds is 2. The zero-order valence-corrected chi connectivity index (χ0v) is 12.7. The number of aliphatic carboxylic acids is 1. The van der Waals surface area contributed by atoms with Crippen molar-refractivity contribution in [3.8, 4) is 5.75 Å². The van der Waals surface area contributed by atoms with Gasteiger partial charge in [0.2, 0.25) is 0 Å². The summed E-state index contributed by atoms with van der Waals surface area (Å²) in [4.78, 5) is 13.7. The van der Waals surface area contributed by atoms with Crippen molar-refractivity contribution in [2.75, 3.05) is 13.2 Å². The maximum atomic E-state index is 11.2. The largest absolute Gasteiger partial charge is 0.493 e. The third kappa shape index (κ3) is 2.64. The van der Waals surface area contributed by atoms with Gasteiger partial charge in [0.05, 0.1) is 12.5 Å². The van der Waals surface area contributed by atoms with E-state index in [2.05, 4.69) is 30.9 Å². The number of likely N-dealkylation sites (tertiary alicyclic amines) is 1. The van der Waals surface area contributed by atoms with Crippen LogP contribution in [0.2, 0.25) is 0 Å². The fourth-order valence-electron chi connectivity index (χ4n) is 3.81. The van der Waals surface area contributed by atoms with Crippen molar-refractivity contribution in [1.29, 1.82) is 0 Å². The van der Waals surface area contributed by atoms with Gasteiger partial charge in [-0.3, -0.25) is 9.69 Å². The van der Waals surface area contributed by atoms with E-state index in [1.165, 1.54) is 5.56 Å². The molecule has 4 nitrogen and oxygen atoms in total. The first-order valence-electron chi connectivity index (χ1n) is 7.78. The summed E-state index contributed by atoms with van der Waals surface area (Å²) in [5.74, 6) is 0.556. The Bertz CT molecular complexity index is 531. The number of nitrogens with zero attached hydrogens (tertiary/aromatic N) is 1. The number of fused-ring (bicyclic) bond motifs is 1. The lowest BCUT2D eigenvalue weighted by Gasteiger charge is -2.46. The number of hydrogen-bond donors (Lipinski definition) is 1. The van der Waals surface area contributed by atoms with Gasteiger partial charge in [-0.1, -0.05) is 25.1 Å². The van der Waals surface area contributed by atoms with Gasteiger partial charge >= 0.3 is 5.97 Å². The zero-order valence-electron chi connectivity index (χ0n) is 12.7. The second-order valence-electron chi connectivity index (χ2n) is 6.42. The van der Waals surface area contributed by atoms with Crippen LogP contribution in [0.3, 0.4) is 0 Å². The van der Waals surface area contributed by atoms with Gasteiger partial charge in [0.1, 0.15) is 5.75 Å². The smallest absolute Gasteiger partial charge is 0.306 e. The molecule has 1 fully saturated rings. The van der Waals surface area contributed by atoms with Gasteiger partial charge in [0.25, 0.3) is 0 Å². The number of carboxylic acid groups (broad SMARTS) is 1. The molecule has 21 heavy (non-hydrogen) atoms. The lowest BCUT2D eigenvalue weighted by molar-refractivity contribution is -0.144. The lowest BCUT2D eigenvalue weighted by Crippen LogP contribution is -2.48. The van der Waals surface area contributed by atoms with Crippen molar-refractivity contribution in [2.24, 2.45) is 11.8 Å². The van der Waals surface area contributed by atoms with Crippen LogP contribution in [0, 0.1) is 11.8 Å². The second-order valence-corrected chi connectivity index (χ2v) is 6.42. The molecule has 4 heteroatoms. The Balaban J connectivity index is 1.85. The summed E-state index contributed by atoms with van der Waals surface area (Å²) in [5, 5.41) is 9.22. The number of carboxylic acids is 1. The SMILES string of the molecule is CC1COc2ccccc2C1N1CCC(C(=O)O)CC1C. The standard InChI is InChI=1S/C17H23NO3/c1-11-10-21-15-6-4-3-5-14(15)16(11)18-8-7-13(17(19)20)9-12(18)2/h3-6,11-13,16H,7-10H2,1-2H3,(H,19,20). The highest BCUT2D eigenvalue weighted by atomic mass is 16.5. The molecular weight excluding hydrogens is 266 g/mol. The molecule has 0 radical (unpaired) electrons. The molecule has 0 aliphatic carbocycles. The van der Waals surface area contributed by atoms with E-state index < -0.39 is 5.97 Å². The fraction of sp³-hybridized carbons (Fsp3) is 0.588. The van der Waals surface area contributed by atoms with E-state index in [-0.39, 0.29) is 5.92 Å². The molecule has 2 aliphatic heterocycles. The molecule has 3 rings (SSSR count). The minimum Gasteiger partial charge on any atom is -0.493 e. The van der Waals surface area contributed by atoms with Gasteiger partial charge in [-0.05, 0) is 32.4 Å². The third-order valence-corrected chi connectivity index (χ3v) is 4.91. The Hall–Kier alpha value is -1.55. The molecule has 1 N–H and O–H groups in total. The molecular formula is C17H23NO3. The monoisotopic (exact) mass is 289 g/mol. The summed E-state index contributed by atoms with van der Waals surface area (Å²) in [7, 11) is 0. The zero-order chi connectivity index (χ0) is 15.0. The van der Waals surface area contributed by atoms with Crippen LogP contribution in [0.15, 0.2) is 24.3 Å². The van der Waals surface area contributed by atoms with E-state index in [4.69, 9.17) is 4.74 Å². The van der Waals surface area contributed by atoms with Gasteiger partial charge in [0.15, 0.2) is 0 Å². The molecule has 2 aliphatic rings. The van der Waals surface area contributed by atoms with Crippen LogP contribution in [0.5, 0.6) is 5.75 Å². The first-order valence-corrected chi connectivity index (χ1v) is 7.78. The quantitative estimate of drug-likeness (QED) is 0.909. The number of piperidine rings is 1. The first kappa shape index (κ1) is 14.4. The molecule has 2 heterocycles. The molecule has 0 bridgehead atoms. The number of benzene rings is 1. The van der Waals surface area contributed by atoms with E-state index in [0.29, 0.717) is 18.0 Å². The van der Waals surface area contributed by atoms with Crippen molar-refractivity contribution in [2.45, 2.75) is 38.8 Å². The van der Waals surface area contributed by atoms with Crippen molar-refractivity contribution >= 4 is 5.97 Å². The van der Waals surface area contributed by atoms with Crippen LogP contribution in [0.25, 0.3) is 0 Å². The molecule has 114 valence electrons. The molecule has 1 saturated heterocycles. The third-order valence-electron chi connectivity index (χ3n) is 4.91. The Kier molecular flexibility index (Phi) is 3.89. The lowest BCUT2D eigenvalue weighted by atomic mass is 9.84. The van der Waals surface area contributed by atoms with Crippen molar-refractivity contribution in [3.63, 3.8) is 0 Å². The minimum absolute atomic E-state index is 0.193. The summed E-state index contributed by atoms with van der Waals surface area (Å²) in [5.41, 5.74) is 1.25. The maximum Gasteiger partial charge on any atom is 0.306 e. The molecule has 0 amide bonds. The van der Waals surface area contributed by atoms with Gasteiger partial charge in [-0.25, -0.2) is 0 Å². The summed E-state index contributed by atoms with van der Waals surface area (Å²) in [6, 6.07) is 8.86. The first-order chi connectivity index (χ1) is 10.1. The van der Waals surface area contributed by atoms with Crippen molar-refractivity contribution < 1.29 is 14.6 Å². The summed E-state index contributed by atoms with van der Waals surface area (Å²) in [6.45, 7) is 5.95. The second kappa shape index (κ2) is 5.68. The Morgan fingerprint density at radius 1 is 1.33 bits per heavy atom. The van der Waals surface area contributed by atoms with E-state index >= 15 is 0 Å². The van der Waals surface area contributed by atoms with E-state index in [1.807, 2.05) is 12.1 Å². The highest BCUT2D eigenvalue weighted by Crippen LogP contribution is 2.42. The van der Waals surface area contributed by atoms with E-state index in [0.717, 1.165) is 31.7 Å². The van der Waals surface area contributed by atoms with Crippen LogP contribution in [0.1, 0.15) is 38.3 Å². The van der Waals surface area contributed by atoms with Crippen LogP contribution < -0.4 is 4.74 Å². The van der Waals surface area contributed by atoms with Gasteiger partial charge in [0, 0.05) is 23.6 Å². The topological polar surface area (TPSA) is 49.8 Å². The van der Waals surface area contributed by atoms with Crippen LogP contribution in [-0.2, 0) is 4.79 Å². The van der Waals surface area contributed by atoms with Crippen LogP contribution in [-0.4, -0.2) is 35.2 Å². The number of ether oxygens (including phenoxy) is 1. The highest BCUT2D eigenvalue weighted by Gasteiger charge is 2.38. The van der Waals surface area contributed by atoms with Crippen molar-refractivity contribution in [3.05, 3.63) is 29.8 Å². The molecule has 1 aromatic carbocycles. The summed E-state index contributed by atoms with van der Waals surface area (Å²) >= 11 is 0. The molecule has 0 spiro atoms. The predicted octanol–water partition coefficient (Wildman–Crippen LogP) is 2.94. The molecule has 1 aromatic rings. The molecule has 0 saturated carbocycles. The van der Waals surface area contributed by atoms with E-state index in [1.54, 1.807) is 0 Å². The fourth-order valence-corrected chi connectivity index (χ4v) is 3.81. The summed E-state index contributed by atoms with van der Waals surface area (Å²) < 4.78 is 5.83.